The summed E-state index contributed by atoms with van der Waals surface area (Å²) in [7, 11) is -4.34. The monoisotopic (exact) mass is 422 g/mol. The molecule has 0 aliphatic heterocycles. The molecule has 30 heavy (non-hydrogen) atoms. The van der Waals surface area contributed by atoms with Crippen molar-refractivity contribution in [3.8, 4) is 5.75 Å². The predicted octanol–water partition coefficient (Wildman–Crippen LogP) is 5.06. The number of hydrogen-bond donors (Lipinski definition) is 3. The van der Waals surface area contributed by atoms with Crippen molar-refractivity contribution in [2.24, 2.45) is 10.2 Å². The maximum atomic E-state index is 11.5. The predicted molar refractivity (Wildman–Crippen MR) is 111 cm³/mol. The molecule has 150 valence electrons. The molecule has 0 saturated heterocycles. The average molecular weight is 422 g/mol. The van der Waals surface area contributed by atoms with Gasteiger partial charge in [0.1, 0.15) is 11.4 Å². The average Bonchev–Trinajstić information content (AvgIpc) is 2.71. The zero-order chi connectivity index (χ0) is 21.5. The summed E-state index contributed by atoms with van der Waals surface area (Å²) in [6, 6.07) is 16.9. The first-order valence-corrected chi connectivity index (χ1v) is 10.1. The van der Waals surface area contributed by atoms with Crippen LogP contribution in [0, 0.1) is 0 Å². The second-order valence-electron chi connectivity index (χ2n) is 6.51. The van der Waals surface area contributed by atoms with Crippen LogP contribution in [0.3, 0.4) is 0 Å². The number of benzene rings is 4. The highest BCUT2D eigenvalue weighted by atomic mass is 32.2. The highest BCUT2D eigenvalue weighted by Crippen LogP contribution is 2.38. The van der Waals surface area contributed by atoms with E-state index in [9.17, 15) is 28.0 Å². The Kier molecular flexibility index (Phi) is 4.69. The molecule has 4 aromatic carbocycles. The lowest BCUT2D eigenvalue weighted by Gasteiger charge is -2.07. The lowest BCUT2D eigenvalue weighted by atomic mass is 10.0. The van der Waals surface area contributed by atoms with Gasteiger partial charge in [-0.2, -0.15) is 13.5 Å². The Hall–Kier alpha value is -3.82. The summed E-state index contributed by atoms with van der Waals surface area (Å²) >= 11 is 0. The van der Waals surface area contributed by atoms with Gasteiger partial charge >= 0.3 is 5.97 Å². The molecule has 4 aromatic rings. The number of fused-ring (bicyclic) bond motifs is 2. The summed E-state index contributed by atoms with van der Waals surface area (Å²) in [5.74, 6) is -1.50. The molecule has 0 heterocycles. The van der Waals surface area contributed by atoms with Crippen LogP contribution in [0.4, 0.5) is 11.4 Å². The maximum absolute atomic E-state index is 11.5. The Morgan fingerprint density at radius 2 is 1.53 bits per heavy atom. The van der Waals surface area contributed by atoms with E-state index in [0.29, 0.717) is 21.8 Å². The molecule has 0 atom stereocenters. The van der Waals surface area contributed by atoms with Crippen molar-refractivity contribution < 1.29 is 28.0 Å². The number of nitrogens with zero attached hydrogens (tertiary/aromatic N) is 2. The quantitative estimate of drug-likeness (QED) is 0.311. The first-order valence-electron chi connectivity index (χ1n) is 8.65. The fourth-order valence-corrected chi connectivity index (χ4v) is 3.69. The van der Waals surface area contributed by atoms with E-state index in [1.807, 2.05) is 0 Å². The molecule has 0 radical (unpaired) electrons. The lowest BCUT2D eigenvalue weighted by molar-refractivity contribution is 0.0698. The molecule has 4 rings (SSSR count). The topological polar surface area (TPSA) is 137 Å². The smallest absolute Gasteiger partial charge is 0.336 e. The van der Waals surface area contributed by atoms with Crippen molar-refractivity contribution >= 4 is 49.0 Å². The minimum absolute atomic E-state index is 0.0505. The van der Waals surface area contributed by atoms with Crippen LogP contribution in [0.1, 0.15) is 10.4 Å². The molecule has 9 heteroatoms. The van der Waals surface area contributed by atoms with Gasteiger partial charge in [0.2, 0.25) is 0 Å². The summed E-state index contributed by atoms with van der Waals surface area (Å²) in [6.45, 7) is 0. The molecule has 0 aromatic heterocycles. The van der Waals surface area contributed by atoms with Gasteiger partial charge in [-0.25, -0.2) is 4.79 Å². The highest BCUT2D eigenvalue weighted by molar-refractivity contribution is 7.85. The molecule has 0 aliphatic rings. The number of aromatic hydroxyl groups is 1. The minimum Gasteiger partial charge on any atom is -0.506 e. The Bertz CT molecular complexity index is 1460. The number of phenolic OH excluding ortho intramolecular Hbond substituents is 1. The van der Waals surface area contributed by atoms with E-state index < -0.39 is 16.1 Å². The van der Waals surface area contributed by atoms with Crippen LogP contribution < -0.4 is 0 Å². The molecular formula is C21H14N2O6S. The van der Waals surface area contributed by atoms with Crippen LogP contribution in [0.25, 0.3) is 21.5 Å². The third kappa shape index (κ3) is 3.59. The molecule has 8 nitrogen and oxygen atoms in total. The second kappa shape index (κ2) is 7.21. The Balaban J connectivity index is 1.81. The summed E-state index contributed by atoms with van der Waals surface area (Å²) in [5.41, 5.74) is 0.439. The van der Waals surface area contributed by atoms with Gasteiger partial charge in [0.15, 0.2) is 0 Å². The van der Waals surface area contributed by atoms with Gasteiger partial charge in [-0.05, 0) is 46.5 Å². The standard InChI is InChI=1S/C21H14N2O6S/c24-19-11-18(21(25)26)16-3-1-2-4-17(16)20(19)23-22-14-7-5-12-6-8-15(30(27,28)29)10-13(12)9-14/h1-11,24H,(H,25,26)(H,27,28,29). The SMILES string of the molecule is O=C(O)c1cc(O)c(N=Nc2ccc3ccc(S(=O)(=O)O)cc3c2)c2ccccc12. The van der Waals surface area contributed by atoms with Crippen LogP contribution in [0.2, 0.25) is 0 Å². The number of rotatable bonds is 4. The van der Waals surface area contributed by atoms with Gasteiger partial charge in [-0.3, -0.25) is 4.55 Å². The van der Waals surface area contributed by atoms with Crippen molar-refractivity contribution in [1.82, 2.24) is 0 Å². The highest BCUT2D eigenvalue weighted by Gasteiger charge is 2.15. The summed E-state index contributed by atoms with van der Waals surface area (Å²) < 4.78 is 31.9. The van der Waals surface area contributed by atoms with Gasteiger partial charge in [0.25, 0.3) is 10.1 Å². The van der Waals surface area contributed by atoms with Crippen molar-refractivity contribution in [2.75, 3.05) is 0 Å². The Morgan fingerprint density at radius 3 is 2.23 bits per heavy atom. The first-order chi connectivity index (χ1) is 14.2. The van der Waals surface area contributed by atoms with Crippen molar-refractivity contribution in [2.45, 2.75) is 4.90 Å². The van der Waals surface area contributed by atoms with E-state index in [2.05, 4.69) is 10.2 Å². The van der Waals surface area contributed by atoms with E-state index in [1.54, 1.807) is 48.5 Å². The van der Waals surface area contributed by atoms with Crippen molar-refractivity contribution in [1.29, 1.82) is 0 Å². The molecule has 0 unspecified atom stereocenters. The fourth-order valence-electron chi connectivity index (χ4n) is 3.17. The van der Waals surface area contributed by atoms with Crippen molar-refractivity contribution in [3.05, 3.63) is 72.3 Å². The van der Waals surface area contributed by atoms with Crippen molar-refractivity contribution in [3.63, 3.8) is 0 Å². The second-order valence-corrected chi connectivity index (χ2v) is 7.93. The van der Waals surface area contributed by atoms with Gasteiger partial charge < -0.3 is 10.2 Å². The molecule has 3 N–H and O–H groups in total. The van der Waals surface area contributed by atoms with Crippen LogP contribution in [0.5, 0.6) is 5.75 Å². The Labute approximate surface area is 170 Å². The van der Waals surface area contributed by atoms with Crippen LogP contribution >= 0.6 is 0 Å². The lowest BCUT2D eigenvalue weighted by Crippen LogP contribution is -1.97. The van der Waals surface area contributed by atoms with Crippen LogP contribution in [-0.2, 0) is 10.1 Å². The number of azo groups is 1. The van der Waals surface area contributed by atoms with E-state index >= 15 is 0 Å². The van der Waals surface area contributed by atoms with E-state index in [0.717, 1.165) is 11.5 Å². The van der Waals surface area contributed by atoms with Gasteiger partial charge in [0, 0.05) is 5.39 Å². The third-order valence-corrected chi connectivity index (χ3v) is 5.43. The number of carboxylic acid groups (broad SMARTS) is 1. The molecule has 0 fully saturated rings. The first kappa shape index (κ1) is 19.5. The van der Waals surface area contributed by atoms with E-state index in [4.69, 9.17) is 0 Å². The summed E-state index contributed by atoms with van der Waals surface area (Å²) in [6.07, 6.45) is 0. The molecule has 0 amide bonds. The van der Waals surface area contributed by atoms with E-state index in [1.165, 1.54) is 12.1 Å². The molecule has 0 spiro atoms. The largest absolute Gasteiger partial charge is 0.506 e. The number of aromatic carboxylic acids is 1. The third-order valence-electron chi connectivity index (χ3n) is 4.59. The van der Waals surface area contributed by atoms with Gasteiger partial charge in [-0.15, -0.1) is 5.11 Å². The van der Waals surface area contributed by atoms with Gasteiger partial charge in [-0.1, -0.05) is 36.4 Å². The Morgan fingerprint density at radius 1 is 0.833 bits per heavy atom. The molecular weight excluding hydrogens is 408 g/mol. The van der Waals surface area contributed by atoms with E-state index in [-0.39, 0.29) is 21.9 Å². The molecule has 0 bridgehead atoms. The molecule has 0 saturated carbocycles. The van der Waals surface area contributed by atoms with Crippen LogP contribution in [0.15, 0.2) is 81.9 Å². The number of carboxylic acids is 1. The number of carbonyl (C=O) groups is 1. The van der Waals surface area contributed by atoms with Gasteiger partial charge in [0.05, 0.1) is 16.1 Å². The minimum atomic E-state index is -4.34. The molecule has 0 aliphatic carbocycles. The number of phenols is 1. The number of hydrogen-bond acceptors (Lipinski definition) is 6. The normalized spacial score (nSPS) is 12.0. The summed E-state index contributed by atoms with van der Waals surface area (Å²) in [5, 5.41) is 30.0. The fraction of sp³-hybridized carbons (Fsp3) is 0. The zero-order valence-electron chi connectivity index (χ0n) is 15.2. The zero-order valence-corrected chi connectivity index (χ0v) is 16.0. The summed E-state index contributed by atoms with van der Waals surface area (Å²) in [4.78, 5) is 11.2. The van der Waals surface area contributed by atoms with Crippen LogP contribution in [-0.4, -0.2) is 29.2 Å². The maximum Gasteiger partial charge on any atom is 0.336 e.